The average molecular weight is 436 g/mol. The molecule has 0 aliphatic heterocycles. The number of allylic oxidation sites excluding steroid dienone is 1. The Morgan fingerprint density at radius 3 is 2.67 bits per heavy atom. The quantitative estimate of drug-likeness (QED) is 0.265. The number of hydrogen-bond acceptors (Lipinski definition) is 3. The third-order valence-corrected chi connectivity index (χ3v) is 5.20. The van der Waals surface area contributed by atoms with E-state index in [0.717, 1.165) is 36.0 Å². The Morgan fingerprint density at radius 2 is 2.00 bits per heavy atom. The largest absolute Gasteiger partial charge is 0.466 e. The lowest BCUT2D eigenvalue weighted by atomic mass is 9.90. The van der Waals surface area contributed by atoms with E-state index in [1.165, 1.54) is 18.2 Å². The Hall–Kier alpha value is -2.24. The molecule has 0 aliphatic carbocycles. The van der Waals surface area contributed by atoms with Gasteiger partial charge in [-0.3, -0.25) is 4.79 Å². The van der Waals surface area contributed by atoms with Gasteiger partial charge in [-0.15, -0.1) is 6.58 Å². The van der Waals surface area contributed by atoms with E-state index in [4.69, 9.17) is 22.1 Å². The molecule has 2 aromatic rings. The van der Waals surface area contributed by atoms with Crippen molar-refractivity contribution in [2.75, 3.05) is 6.61 Å². The second-order valence-electron chi connectivity index (χ2n) is 7.27. The van der Waals surface area contributed by atoms with E-state index in [1.54, 1.807) is 19.9 Å². The van der Waals surface area contributed by atoms with Crippen molar-refractivity contribution in [3.8, 4) is 11.1 Å². The number of hydrogen-bond donors (Lipinski definition) is 1. The van der Waals surface area contributed by atoms with Gasteiger partial charge in [-0.05, 0) is 86.1 Å². The lowest BCUT2D eigenvalue weighted by Gasteiger charge is -2.18. The summed E-state index contributed by atoms with van der Waals surface area (Å²) in [5.41, 5.74) is 9.22. The van der Waals surface area contributed by atoms with Crippen LogP contribution in [0, 0.1) is 18.6 Å². The Kier molecular flexibility index (Phi) is 9.00. The highest BCUT2D eigenvalue weighted by Crippen LogP contribution is 2.35. The number of esters is 1. The van der Waals surface area contributed by atoms with Gasteiger partial charge in [0.25, 0.3) is 0 Å². The van der Waals surface area contributed by atoms with E-state index in [0.29, 0.717) is 12.0 Å². The number of ether oxygens (including phenoxy) is 1. The molecule has 2 rings (SSSR count). The van der Waals surface area contributed by atoms with Crippen molar-refractivity contribution in [3.63, 3.8) is 0 Å². The van der Waals surface area contributed by atoms with Crippen LogP contribution < -0.4 is 5.73 Å². The summed E-state index contributed by atoms with van der Waals surface area (Å²) < 4.78 is 33.7. The third kappa shape index (κ3) is 6.13. The maximum absolute atomic E-state index is 14.7. The number of carbonyl (C=O) groups excluding carboxylic acids is 1. The molecule has 0 radical (unpaired) electrons. The standard InChI is InChI=1S/C24H28ClF2NO2/c1-4-6-7-8-9-16-11-18(26)10-15(3)23(16)17-12-19(24(27)20(25)13-17)21(28)14-22(29)30-5-2/h4,10-13,21H,1,5-9,14,28H2,2-3H3/t21-/m0/s1. The van der Waals surface area contributed by atoms with Crippen LogP contribution in [-0.4, -0.2) is 12.6 Å². The van der Waals surface area contributed by atoms with Crippen molar-refractivity contribution < 1.29 is 18.3 Å². The van der Waals surface area contributed by atoms with Crippen molar-refractivity contribution in [1.29, 1.82) is 0 Å². The van der Waals surface area contributed by atoms with E-state index in [2.05, 4.69) is 6.58 Å². The van der Waals surface area contributed by atoms with Crippen LogP contribution in [0.3, 0.4) is 0 Å². The molecule has 0 spiro atoms. The molecule has 162 valence electrons. The average Bonchev–Trinajstić information content (AvgIpc) is 2.67. The monoisotopic (exact) mass is 435 g/mol. The first-order valence-corrected chi connectivity index (χ1v) is 10.5. The van der Waals surface area contributed by atoms with Crippen LogP contribution in [-0.2, 0) is 16.0 Å². The highest BCUT2D eigenvalue weighted by Gasteiger charge is 2.21. The van der Waals surface area contributed by atoms with Crippen LogP contribution in [0.15, 0.2) is 36.9 Å². The topological polar surface area (TPSA) is 52.3 Å². The van der Waals surface area contributed by atoms with Crippen LogP contribution in [0.5, 0.6) is 0 Å². The highest BCUT2D eigenvalue weighted by atomic mass is 35.5. The minimum atomic E-state index is -0.904. The highest BCUT2D eigenvalue weighted by molar-refractivity contribution is 6.31. The number of halogens is 3. The molecule has 30 heavy (non-hydrogen) atoms. The molecular formula is C24H28ClF2NO2. The van der Waals surface area contributed by atoms with Crippen LogP contribution in [0.4, 0.5) is 8.78 Å². The zero-order chi connectivity index (χ0) is 22.3. The van der Waals surface area contributed by atoms with E-state index >= 15 is 0 Å². The van der Waals surface area contributed by atoms with Crippen molar-refractivity contribution in [2.45, 2.75) is 52.0 Å². The molecule has 0 aliphatic rings. The predicted molar refractivity (Wildman–Crippen MR) is 117 cm³/mol. The minimum absolute atomic E-state index is 0.0943. The van der Waals surface area contributed by atoms with E-state index in [9.17, 15) is 13.6 Å². The second-order valence-corrected chi connectivity index (χ2v) is 7.68. The third-order valence-electron chi connectivity index (χ3n) is 4.92. The van der Waals surface area contributed by atoms with Crippen LogP contribution >= 0.6 is 11.6 Å². The molecule has 6 heteroatoms. The molecule has 0 aromatic heterocycles. The first-order chi connectivity index (χ1) is 14.3. The van der Waals surface area contributed by atoms with Gasteiger partial charge in [0, 0.05) is 11.6 Å². The number of nitrogens with two attached hydrogens (primary N) is 1. The molecule has 2 aromatic carbocycles. The molecule has 0 fully saturated rings. The number of aryl methyl sites for hydroxylation is 2. The predicted octanol–water partition coefficient (Wildman–Crippen LogP) is 6.45. The van der Waals surface area contributed by atoms with Gasteiger partial charge >= 0.3 is 5.97 Å². The summed E-state index contributed by atoms with van der Waals surface area (Å²) >= 11 is 6.16. The first-order valence-electron chi connectivity index (χ1n) is 10.1. The first kappa shape index (κ1) is 24.0. The Morgan fingerprint density at radius 1 is 1.27 bits per heavy atom. The van der Waals surface area contributed by atoms with Crippen LogP contribution in [0.25, 0.3) is 11.1 Å². The van der Waals surface area contributed by atoms with Gasteiger partial charge in [-0.2, -0.15) is 0 Å². The maximum Gasteiger partial charge on any atom is 0.307 e. The molecule has 2 N–H and O–H groups in total. The number of rotatable bonds is 10. The lowest BCUT2D eigenvalue weighted by molar-refractivity contribution is -0.143. The Labute approximate surface area is 181 Å². The fourth-order valence-electron chi connectivity index (χ4n) is 3.56. The summed E-state index contributed by atoms with van der Waals surface area (Å²) in [7, 11) is 0. The van der Waals surface area contributed by atoms with Gasteiger partial charge in [0.05, 0.1) is 18.1 Å². The van der Waals surface area contributed by atoms with Crippen LogP contribution in [0.2, 0.25) is 5.02 Å². The lowest BCUT2D eigenvalue weighted by Crippen LogP contribution is -2.18. The van der Waals surface area contributed by atoms with Crippen molar-refractivity contribution in [2.24, 2.45) is 5.73 Å². The van der Waals surface area contributed by atoms with Crippen molar-refractivity contribution in [3.05, 3.63) is 70.3 Å². The van der Waals surface area contributed by atoms with Crippen LogP contribution in [0.1, 0.15) is 55.3 Å². The summed E-state index contributed by atoms with van der Waals surface area (Å²) in [4.78, 5) is 11.8. The summed E-state index contributed by atoms with van der Waals surface area (Å²) in [6, 6.07) is 5.16. The summed E-state index contributed by atoms with van der Waals surface area (Å²) in [6.45, 7) is 7.44. The zero-order valence-corrected chi connectivity index (χ0v) is 18.2. The normalized spacial score (nSPS) is 11.9. The van der Waals surface area contributed by atoms with Crippen molar-refractivity contribution >= 4 is 17.6 Å². The second kappa shape index (κ2) is 11.2. The fraction of sp³-hybridized carbons (Fsp3) is 0.375. The van der Waals surface area contributed by atoms with Gasteiger partial charge < -0.3 is 10.5 Å². The van der Waals surface area contributed by atoms with E-state index < -0.39 is 17.8 Å². The number of benzene rings is 2. The van der Waals surface area contributed by atoms with E-state index in [-0.39, 0.29) is 29.4 Å². The molecule has 1 atom stereocenters. The number of carbonyl (C=O) groups is 1. The molecular weight excluding hydrogens is 408 g/mol. The SMILES string of the molecule is C=CCCCCc1cc(F)cc(C)c1-c1cc(Cl)c(F)c([C@@H](N)CC(=O)OCC)c1. The zero-order valence-electron chi connectivity index (χ0n) is 17.4. The summed E-state index contributed by atoms with van der Waals surface area (Å²) in [5.74, 6) is -1.49. The van der Waals surface area contributed by atoms with Gasteiger partial charge in [-0.25, -0.2) is 8.78 Å². The van der Waals surface area contributed by atoms with Gasteiger partial charge in [0.1, 0.15) is 11.6 Å². The molecule has 0 saturated heterocycles. The molecule has 0 unspecified atom stereocenters. The maximum atomic E-state index is 14.7. The van der Waals surface area contributed by atoms with Gasteiger partial charge in [-0.1, -0.05) is 17.7 Å². The molecule has 0 saturated carbocycles. The molecule has 3 nitrogen and oxygen atoms in total. The minimum Gasteiger partial charge on any atom is -0.466 e. The van der Waals surface area contributed by atoms with Crippen molar-refractivity contribution in [1.82, 2.24) is 0 Å². The molecule has 0 heterocycles. The smallest absolute Gasteiger partial charge is 0.307 e. The fourth-order valence-corrected chi connectivity index (χ4v) is 3.79. The molecule has 0 bridgehead atoms. The number of unbranched alkanes of at least 4 members (excludes halogenated alkanes) is 2. The summed E-state index contributed by atoms with van der Waals surface area (Å²) in [6.07, 6.45) is 5.06. The summed E-state index contributed by atoms with van der Waals surface area (Å²) in [5, 5.41) is -0.0943. The Balaban J connectivity index is 2.47. The Bertz CT molecular complexity index is 915. The van der Waals surface area contributed by atoms with Gasteiger partial charge in [0.2, 0.25) is 0 Å². The van der Waals surface area contributed by atoms with Gasteiger partial charge in [0.15, 0.2) is 0 Å². The molecule has 0 amide bonds. The van der Waals surface area contributed by atoms with E-state index in [1.807, 2.05) is 6.08 Å².